The van der Waals surface area contributed by atoms with E-state index >= 15 is 0 Å². The predicted molar refractivity (Wildman–Crippen MR) is 63.6 cm³/mol. The second-order valence-electron chi connectivity index (χ2n) is 3.69. The van der Waals surface area contributed by atoms with Gasteiger partial charge >= 0.3 is 5.97 Å². The van der Waals surface area contributed by atoms with Crippen LogP contribution in [0, 0.1) is 0 Å². The third-order valence-electron chi connectivity index (χ3n) is 2.41. The minimum atomic E-state index is -0.898. The number of hydrogen-bond acceptors (Lipinski definition) is 4. The number of benzene rings is 1. The summed E-state index contributed by atoms with van der Waals surface area (Å²) in [6.07, 6.45) is 0. The molecule has 1 aromatic carbocycles. The van der Waals surface area contributed by atoms with E-state index in [0.29, 0.717) is 5.95 Å². The zero-order valence-electron chi connectivity index (χ0n) is 9.60. The number of nitrogens with zero attached hydrogens (tertiary/aromatic N) is 2. The summed E-state index contributed by atoms with van der Waals surface area (Å²) in [4.78, 5) is 19.5. The standard InChI is InChI=1S/C11H13N3O3/c1-14(6-10(15)16)11-12-8-4-3-7(17-2)5-9(8)13-11/h3-5H,6H2,1-2H3,(H,12,13)(H,15,16). The Morgan fingerprint density at radius 1 is 1.59 bits per heavy atom. The Morgan fingerprint density at radius 3 is 3.00 bits per heavy atom. The van der Waals surface area contributed by atoms with E-state index in [4.69, 9.17) is 9.84 Å². The molecule has 0 aliphatic heterocycles. The molecule has 0 unspecified atom stereocenters. The lowest BCUT2D eigenvalue weighted by Crippen LogP contribution is -2.25. The van der Waals surface area contributed by atoms with Crippen molar-refractivity contribution in [1.82, 2.24) is 9.97 Å². The van der Waals surface area contributed by atoms with Crippen LogP contribution >= 0.6 is 0 Å². The lowest BCUT2D eigenvalue weighted by Gasteiger charge is -2.11. The summed E-state index contributed by atoms with van der Waals surface area (Å²) in [7, 11) is 3.26. The first kappa shape index (κ1) is 11.3. The Bertz CT molecular complexity index is 550. The molecule has 0 aliphatic carbocycles. The summed E-state index contributed by atoms with van der Waals surface area (Å²) < 4.78 is 5.10. The van der Waals surface area contributed by atoms with Crippen LogP contribution in [0.1, 0.15) is 0 Å². The van der Waals surface area contributed by atoms with E-state index in [9.17, 15) is 4.79 Å². The average molecular weight is 235 g/mol. The molecular formula is C11H13N3O3. The van der Waals surface area contributed by atoms with Crippen LogP contribution in [0.2, 0.25) is 0 Å². The number of imidazole rings is 1. The Kier molecular flexibility index (Phi) is 2.86. The van der Waals surface area contributed by atoms with Gasteiger partial charge in [0.15, 0.2) is 0 Å². The highest BCUT2D eigenvalue weighted by molar-refractivity contribution is 5.80. The second-order valence-corrected chi connectivity index (χ2v) is 3.69. The average Bonchev–Trinajstić information content (AvgIpc) is 2.70. The van der Waals surface area contributed by atoms with Crippen molar-refractivity contribution >= 4 is 23.0 Å². The summed E-state index contributed by atoms with van der Waals surface area (Å²) in [5.74, 6) is 0.356. The number of methoxy groups -OCH3 is 1. The predicted octanol–water partition coefficient (Wildman–Crippen LogP) is 1.09. The number of fused-ring (bicyclic) bond motifs is 1. The monoisotopic (exact) mass is 235 g/mol. The van der Waals surface area contributed by atoms with Crippen LogP contribution in [0.5, 0.6) is 5.75 Å². The molecule has 17 heavy (non-hydrogen) atoms. The maximum Gasteiger partial charge on any atom is 0.323 e. The van der Waals surface area contributed by atoms with E-state index in [-0.39, 0.29) is 6.54 Å². The van der Waals surface area contributed by atoms with Crippen LogP contribution < -0.4 is 9.64 Å². The topological polar surface area (TPSA) is 78.4 Å². The van der Waals surface area contributed by atoms with Gasteiger partial charge in [-0.15, -0.1) is 0 Å². The second kappa shape index (κ2) is 4.32. The van der Waals surface area contributed by atoms with Gasteiger partial charge in [0.05, 0.1) is 18.1 Å². The summed E-state index contributed by atoms with van der Waals surface area (Å²) in [5, 5.41) is 8.70. The summed E-state index contributed by atoms with van der Waals surface area (Å²) >= 11 is 0. The fraction of sp³-hybridized carbons (Fsp3) is 0.273. The Labute approximate surface area is 97.8 Å². The quantitative estimate of drug-likeness (QED) is 0.829. The number of aliphatic carboxylic acids is 1. The van der Waals surface area contributed by atoms with Crippen molar-refractivity contribution in [2.75, 3.05) is 25.6 Å². The van der Waals surface area contributed by atoms with Crippen LogP contribution in [-0.4, -0.2) is 41.7 Å². The smallest absolute Gasteiger partial charge is 0.323 e. The van der Waals surface area contributed by atoms with Gasteiger partial charge < -0.3 is 19.7 Å². The number of anilines is 1. The van der Waals surface area contributed by atoms with Gasteiger partial charge in [-0.05, 0) is 12.1 Å². The molecular weight excluding hydrogens is 222 g/mol. The number of aromatic amines is 1. The van der Waals surface area contributed by atoms with Crippen molar-refractivity contribution in [3.63, 3.8) is 0 Å². The molecule has 0 radical (unpaired) electrons. The van der Waals surface area contributed by atoms with Crippen LogP contribution in [0.4, 0.5) is 5.95 Å². The van der Waals surface area contributed by atoms with E-state index in [1.54, 1.807) is 14.2 Å². The number of rotatable bonds is 4. The highest BCUT2D eigenvalue weighted by Crippen LogP contribution is 2.21. The number of carboxylic acids is 1. The van der Waals surface area contributed by atoms with Crippen molar-refractivity contribution in [1.29, 1.82) is 0 Å². The third kappa shape index (κ3) is 2.30. The molecule has 2 aromatic rings. The van der Waals surface area contributed by atoms with Gasteiger partial charge in [0.2, 0.25) is 5.95 Å². The number of hydrogen-bond donors (Lipinski definition) is 2. The van der Waals surface area contributed by atoms with Gasteiger partial charge in [0, 0.05) is 13.1 Å². The molecule has 0 fully saturated rings. The highest BCUT2D eigenvalue weighted by Gasteiger charge is 2.10. The number of likely N-dealkylation sites (N-methyl/N-ethyl adjacent to an activating group) is 1. The molecule has 0 bridgehead atoms. The van der Waals surface area contributed by atoms with E-state index < -0.39 is 5.97 Å². The van der Waals surface area contributed by atoms with Crippen molar-refractivity contribution in [2.24, 2.45) is 0 Å². The highest BCUT2D eigenvalue weighted by atomic mass is 16.5. The molecule has 2 rings (SSSR count). The molecule has 0 saturated carbocycles. The van der Waals surface area contributed by atoms with Gasteiger partial charge in [-0.1, -0.05) is 0 Å². The van der Waals surface area contributed by atoms with Crippen molar-refractivity contribution in [2.45, 2.75) is 0 Å². The number of aromatic nitrogens is 2. The molecule has 2 N–H and O–H groups in total. The summed E-state index contributed by atoms with van der Waals surface area (Å²) in [6, 6.07) is 5.45. The fourth-order valence-electron chi connectivity index (χ4n) is 1.56. The number of carboxylic acid groups (broad SMARTS) is 1. The molecule has 0 amide bonds. The van der Waals surface area contributed by atoms with Gasteiger partial charge in [-0.3, -0.25) is 4.79 Å². The molecule has 6 heteroatoms. The molecule has 0 saturated heterocycles. The lowest BCUT2D eigenvalue weighted by molar-refractivity contribution is -0.135. The third-order valence-corrected chi connectivity index (χ3v) is 2.41. The van der Waals surface area contributed by atoms with Crippen LogP contribution in [0.15, 0.2) is 18.2 Å². The SMILES string of the molecule is COc1ccc2nc(N(C)CC(=O)O)[nH]c2c1. The Morgan fingerprint density at radius 2 is 2.35 bits per heavy atom. The molecule has 90 valence electrons. The zero-order chi connectivity index (χ0) is 12.4. The largest absolute Gasteiger partial charge is 0.497 e. The van der Waals surface area contributed by atoms with E-state index in [2.05, 4.69) is 9.97 Å². The van der Waals surface area contributed by atoms with Crippen molar-refractivity contribution in [3.8, 4) is 5.75 Å². The lowest BCUT2D eigenvalue weighted by atomic mass is 10.3. The summed E-state index contributed by atoms with van der Waals surface area (Å²) in [6.45, 7) is -0.100. The Balaban J connectivity index is 2.33. The first-order valence-corrected chi connectivity index (χ1v) is 5.07. The van der Waals surface area contributed by atoms with Gasteiger partial charge in [-0.25, -0.2) is 4.98 Å². The maximum absolute atomic E-state index is 10.6. The van der Waals surface area contributed by atoms with Crippen LogP contribution in [0.3, 0.4) is 0 Å². The molecule has 1 aromatic heterocycles. The maximum atomic E-state index is 10.6. The molecule has 0 atom stereocenters. The number of carbonyl (C=O) groups is 1. The first-order chi connectivity index (χ1) is 8.10. The number of ether oxygens (including phenoxy) is 1. The van der Waals surface area contributed by atoms with E-state index in [1.165, 1.54) is 4.90 Å². The number of nitrogens with one attached hydrogen (secondary N) is 1. The fourth-order valence-corrected chi connectivity index (χ4v) is 1.56. The number of H-pyrrole nitrogens is 1. The minimum absolute atomic E-state index is 0.100. The first-order valence-electron chi connectivity index (χ1n) is 5.07. The van der Waals surface area contributed by atoms with Crippen molar-refractivity contribution < 1.29 is 14.6 Å². The molecule has 0 spiro atoms. The normalized spacial score (nSPS) is 10.5. The summed E-state index contributed by atoms with van der Waals surface area (Å²) in [5.41, 5.74) is 1.59. The Hall–Kier alpha value is -2.24. The molecule has 0 aliphatic rings. The van der Waals surface area contributed by atoms with E-state index in [0.717, 1.165) is 16.8 Å². The molecule has 1 heterocycles. The van der Waals surface area contributed by atoms with Crippen molar-refractivity contribution in [3.05, 3.63) is 18.2 Å². The zero-order valence-corrected chi connectivity index (χ0v) is 9.60. The van der Waals surface area contributed by atoms with Crippen LogP contribution in [-0.2, 0) is 4.79 Å². The van der Waals surface area contributed by atoms with E-state index in [1.807, 2.05) is 18.2 Å². The van der Waals surface area contributed by atoms with Crippen LogP contribution in [0.25, 0.3) is 11.0 Å². The van der Waals surface area contributed by atoms with Gasteiger partial charge in [0.25, 0.3) is 0 Å². The van der Waals surface area contributed by atoms with Gasteiger partial charge in [0.1, 0.15) is 12.3 Å². The molecule has 6 nitrogen and oxygen atoms in total. The minimum Gasteiger partial charge on any atom is -0.497 e. The van der Waals surface area contributed by atoms with Gasteiger partial charge in [-0.2, -0.15) is 0 Å².